The Morgan fingerprint density at radius 3 is 2.77 bits per heavy atom. The normalized spacial score (nSPS) is 30.6. The van der Waals surface area contributed by atoms with E-state index >= 15 is 4.39 Å². The summed E-state index contributed by atoms with van der Waals surface area (Å²) >= 11 is 10.3. The fraction of sp³-hybridized carbons (Fsp3) is 0.450. The third-order valence-electron chi connectivity index (χ3n) is 6.49. The number of aromatic nitrogens is 8. The largest absolute Gasteiger partial charge is 0.366 e. The lowest BCUT2D eigenvalue weighted by molar-refractivity contribution is -0.0532. The Hall–Kier alpha value is -2.68. The monoisotopic (exact) mass is 677 g/mol. The van der Waals surface area contributed by atoms with Gasteiger partial charge in [-0.05, 0) is 36.6 Å². The molecular weight excluding hydrogens is 655 g/mol. The Morgan fingerprint density at radius 2 is 2.00 bits per heavy atom. The Bertz CT molecular complexity index is 1900. The number of amides is 1. The number of imidazole rings is 1. The summed E-state index contributed by atoms with van der Waals surface area (Å²) in [5.74, 6) is -0.340. The van der Waals surface area contributed by atoms with E-state index in [1.54, 1.807) is 0 Å². The van der Waals surface area contributed by atoms with Gasteiger partial charge in [0.1, 0.15) is 36.0 Å². The summed E-state index contributed by atoms with van der Waals surface area (Å²) in [5.41, 5.74) is 5.20. The number of nitrogens with zero attached hydrogens (tertiary/aromatic N) is 7. The predicted molar refractivity (Wildman–Crippen MR) is 150 cm³/mol. The average Bonchev–Trinajstić information content (AvgIpc) is 3.59. The van der Waals surface area contributed by atoms with Crippen LogP contribution in [0.5, 0.6) is 0 Å². The molecule has 4 aromatic heterocycles. The number of nitrogens with two attached hydrogens (primary N) is 1. The molecule has 6 heterocycles. The van der Waals surface area contributed by atoms with Crippen molar-refractivity contribution in [3.8, 4) is 0 Å². The molecule has 230 valence electrons. The lowest BCUT2D eigenvalue weighted by atomic mass is 10.1. The maximum absolute atomic E-state index is 15.9. The molecule has 6 atom stereocenters. The number of hydrogen-bond donors (Lipinski definition) is 4. The van der Waals surface area contributed by atoms with Crippen LogP contribution in [0, 0.1) is 6.92 Å². The van der Waals surface area contributed by atoms with Gasteiger partial charge in [0.25, 0.3) is 5.56 Å². The molecule has 6 rings (SSSR count). The van der Waals surface area contributed by atoms with Gasteiger partial charge in [0.2, 0.25) is 5.91 Å². The zero-order valence-corrected chi connectivity index (χ0v) is 25.3. The summed E-state index contributed by atoms with van der Waals surface area (Å²) in [7, 11) is 0. The lowest BCUT2D eigenvalue weighted by Crippen LogP contribution is -2.32. The minimum absolute atomic E-state index is 0.0247. The number of carbonyl (C=O) groups excluding carboxylic acids is 1. The number of pyridine rings is 1. The summed E-state index contributed by atoms with van der Waals surface area (Å²) in [6.45, 7) is -7.85. The van der Waals surface area contributed by atoms with Crippen LogP contribution in [0.15, 0.2) is 17.1 Å². The summed E-state index contributed by atoms with van der Waals surface area (Å²) in [5, 5.41) is 7.70. The van der Waals surface area contributed by atoms with E-state index in [0.29, 0.717) is 5.65 Å². The minimum atomic E-state index is -4.25. The highest BCUT2D eigenvalue weighted by molar-refractivity contribution is 8.07. The number of hydrogen-bond acceptors (Lipinski definition) is 14. The molecular formula is C20H22FN9O9P2S2. The zero-order valence-electron chi connectivity index (χ0n) is 21.8. The van der Waals surface area contributed by atoms with Crippen molar-refractivity contribution in [3.05, 3.63) is 39.8 Å². The molecule has 2 aliphatic heterocycles. The molecule has 18 nitrogen and oxygen atoms in total. The van der Waals surface area contributed by atoms with Gasteiger partial charge in [0.05, 0.1) is 18.8 Å². The van der Waals surface area contributed by atoms with E-state index in [9.17, 15) is 19.4 Å². The third kappa shape index (κ3) is 6.03. The number of halogens is 1. The quantitative estimate of drug-likeness (QED) is 0.204. The van der Waals surface area contributed by atoms with Crippen LogP contribution in [-0.2, 0) is 59.6 Å². The van der Waals surface area contributed by atoms with Gasteiger partial charge in [0.15, 0.2) is 29.2 Å². The standard InChI is InChI=1S/C20H22FN9O9P2S2/c1-8-24-18-14(19(32)25-8)27-28-30(18)20-15-13(21)11(38-20)6-36-40(33,42)35-3-2-29-12(7-37-41(34,43)39-15)26-10-4-9(16(22)31)5-23-17(10)29/h4-5,11,13,15,20H,2-3,6-7H2,1H3,(H2,22,31)(H,33,42)(H,34,43)(H,24,25,32)/t11-,13-,15-,20-,40?,41?/m1/s1. The van der Waals surface area contributed by atoms with E-state index in [1.165, 1.54) is 23.8 Å². The van der Waals surface area contributed by atoms with E-state index in [2.05, 4.69) is 30.2 Å². The molecule has 23 heteroatoms. The summed E-state index contributed by atoms with van der Waals surface area (Å²) < 4.78 is 46.2. The van der Waals surface area contributed by atoms with Crippen molar-refractivity contribution in [3.63, 3.8) is 0 Å². The summed E-state index contributed by atoms with van der Waals surface area (Å²) in [6, 6.07) is 1.41. The molecule has 0 aliphatic carbocycles. The number of aromatic amines is 1. The summed E-state index contributed by atoms with van der Waals surface area (Å²) in [4.78, 5) is 61.0. The van der Waals surface area contributed by atoms with Gasteiger partial charge in [0, 0.05) is 12.7 Å². The topological polar surface area (TPSA) is 237 Å². The molecule has 5 N–H and O–H groups in total. The van der Waals surface area contributed by atoms with E-state index < -0.39 is 62.7 Å². The molecule has 43 heavy (non-hydrogen) atoms. The first-order valence-corrected chi connectivity index (χ1v) is 17.5. The van der Waals surface area contributed by atoms with Crippen LogP contribution in [0.2, 0.25) is 0 Å². The number of alkyl halides is 1. The molecule has 1 amide bonds. The molecule has 4 aromatic rings. The van der Waals surface area contributed by atoms with Gasteiger partial charge < -0.3 is 43.4 Å². The minimum Gasteiger partial charge on any atom is -0.366 e. The predicted octanol–water partition coefficient (Wildman–Crippen LogP) is -0.0155. The Morgan fingerprint density at radius 1 is 1.21 bits per heavy atom. The number of ether oxygens (including phenoxy) is 1. The van der Waals surface area contributed by atoms with E-state index in [4.69, 9.17) is 52.2 Å². The van der Waals surface area contributed by atoms with Crippen LogP contribution in [0.3, 0.4) is 0 Å². The maximum atomic E-state index is 15.9. The van der Waals surface area contributed by atoms with Gasteiger partial charge in [-0.25, -0.2) is 19.3 Å². The second-order valence-electron chi connectivity index (χ2n) is 9.39. The first-order chi connectivity index (χ1) is 20.3. The molecule has 2 aliphatic rings. The first kappa shape index (κ1) is 30.4. The van der Waals surface area contributed by atoms with Gasteiger partial charge in [-0.2, -0.15) is 4.68 Å². The fourth-order valence-corrected chi connectivity index (χ4v) is 7.03. The summed E-state index contributed by atoms with van der Waals surface area (Å²) in [6.07, 6.45) is -5.33. The Kier molecular flexibility index (Phi) is 8.01. The number of nitrogens with one attached hydrogen (secondary N) is 1. The van der Waals surface area contributed by atoms with Crippen molar-refractivity contribution >= 4 is 65.3 Å². The second kappa shape index (κ2) is 11.4. The number of H-pyrrole nitrogens is 1. The molecule has 0 saturated carbocycles. The zero-order chi connectivity index (χ0) is 30.7. The molecule has 0 aromatic carbocycles. The number of primary amides is 1. The molecule has 2 unspecified atom stereocenters. The smallest absolute Gasteiger partial charge is 0.325 e. The van der Waals surface area contributed by atoms with Crippen LogP contribution in [-0.4, -0.2) is 86.8 Å². The second-order valence-corrected chi connectivity index (χ2v) is 15.0. The molecule has 0 spiro atoms. The molecule has 2 bridgehead atoms. The molecule has 0 radical (unpaired) electrons. The van der Waals surface area contributed by atoms with Crippen LogP contribution >= 0.6 is 13.4 Å². The number of aryl methyl sites for hydroxylation is 1. The SMILES string of the molecule is Cc1nc2c(nnn2[C@@H]2O[C@@H]3COP(O)(=S)OCCn4c(nc5cc(C(N)=O)cnc54)COP(O)(=S)O[C@@H]2[C@@H]3F)c(=O)[nH]1. The van der Waals surface area contributed by atoms with Crippen LogP contribution in [0.25, 0.3) is 22.3 Å². The van der Waals surface area contributed by atoms with Gasteiger partial charge in [-0.1, -0.05) is 5.21 Å². The van der Waals surface area contributed by atoms with Gasteiger partial charge in [-0.15, -0.1) is 5.10 Å². The third-order valence-corrected chi connectivity index (χ3v) is 9.65. The average molecular weight is 678 g/mol. The Labute approximate surface area is 249 Å². The van der Waals surface area contributed by atoms with Crippen molar-refractivity contribution in [2.75, 3.05) is 13.2 Å². The highest BCUT2D eigenvalue weighted by Gasteiger charge is 2.51. The van der Waals surface area contributed by atoms with Crippen molar-refractivity contribution in [2.24, 2.45) is 5.73 Å². The van der Waals surface area contributed by atoms with Crippen molar-refractivity contribution in [1.82, 2.24) is 39.5 Å². The van der Waals surface area contributed by atoms with Gasteiger partial charge in [-0.3, -0.25) is 14.1 Å². The molecule has 1 fully saturated rings. The maximum Gasteiger partial charge on any atom is 0.325 e. The highest BCUT2D eigenvalue weighted by atomic mass is 32.5. The van der Waals surface area contributed by atoms with Crippen LogP contribution in [0.1, 0.15) is 28.2 Å². The number of carbonyl (C=O) groups is 1. The van der Waals surface area contributed by atoms with Crippen molar-refractivity contribution in [2.45, 2.75) is 44.7 Å². The van der Waals surface area contributed by atoms with E-state index in [0.717, 1.165) is 4.68 Å². The first-order valence-electron chi connectivity index (χ1n) is 12.4. The number of fused-ring (bicyclic) bond motifs is 6. The Balaban J connectivity index is 1.38. The highest BCUT2D eigenvalue weighted by Crippen LogP contribution is 2.52. The van der Waals surface area contributed by atoms with Gasteiger partial charge >= 0.3 is 13.4 Å². The fourth-order valence-electron chi connectivity index (χ4n) is 4.57. The van der Waals surface area contributed by atoms with Crippen LogP contribution < -0.4 is 11.3 Å². The van der Waals surface area contributed by atoms with E-state index in [1.807, 2.05) is 0 Å². The van der Waals surface area contributed by atoms with Crippen molar-refractivity contribution < 1.29 is 41.8 Å². The number of rotatable bonds is 2. The lowest BCUT2D eigenvalue weighted by Gasteiger charge is -2.24. The van der Waals surface area contributed by atoms with Crippen LogP contribution in [0.4, 0.5) is 4.39 Å². The van der Waals surface area contributed by atoms with Crippen molar-refractivity contribution in [1.29, 1.82) is 0 Å². The molecule has 1 saturated heterocycles. The van der Waals surface area contributed by atoms with E-state index in [-0.39, 0.29) is 47.0 Å².